The van der Waals surface area contributed by atoms with E-state index in [1.54, 1.807) is 0 Å². The van der Waals surface area contributed by atoms with Crippen LogP contribution in [0, 0.1) is 0 Å². The fourth-order valence-corrected chi connectivity index (χ4v) is 2.66. The minimum atomic E-state index is 0. The van der Waals surface area contributed by atoms with E-state index in [0.29, 0.717) is 0 Å². The first-order valence-electron chi connectivity index (χ1n) is 8.40. The molecule has 0 saturated carbocycles. The lowest BCUT2D eigenvalue weighted by atomic mass is 10.1. The molecular formula is C16H35IN4. The van der Waals surface area contributed by atoms with Crippen LogP contribution in [0.15, 0.2) is 4.99 Å². The highest BCUT2D eigenvalue weighted by molar-refractivity contribution is 14.0. The van der Waals surface area contributed by atoms with Gasteiger partial charge in [0.25, 0.3) is 0 Å². The van der Waals surface area contributed by atoms with Crippen molar-refractivity contribution in [2.45, 2.75) is 57.8 Å². The lowest BCUT2D eigenvalue weighted by Crippen LogP contribution is -2.38. The van der Waals surface area contributed by atoms with Crippen LogP contribution >= 0.6 is 24.0 Å². The lowest BCUT2D eigenvalue weighted by molar-refractivity contribution is 0.390. The summed E-state index contributed by atoms with van der Waals surface area (Å²) in [5, 5.41) is 0. The number of aliphatic imine (C=N–C) groups is 1. The Kier molecular flexibility index (Phi) is 13.6. The molecule has 0 aromatic carbocycles. The van der Waals surface area contributed by atoms with Crippen LogP contribution in [0.5, 0.6) is 0 Å². The van der Waals surface area contributed by atoms with Gasteiger partial charge in [0.1, 0.15) is 0 Å². The minimum Gasteiger partial charge on any atom is -0.370 e. The molecule has 126 valence electrons. The summed E-state index contributed by atoms with van der Waals surface area (Å²) in [5.41, 5.74) is 6.08. The second-order valence-electron chi connectivity index (χ2n) is 6.21. The summed E-state index contributed by atoms with van der Waals surface area (Å²) < 4.78 is 0. The molecular weight excluding hydrogens is 375 g/mol. The van der Waals surface area contributed by atoms with Crippen LogP contribution in [0.1, 0.15) is 57.8 Å². The first-order chi connectivity index (χ1) is 9.70. The second kappa shape index (κ2) is 13.6. The van der Waals surface area contributed by atoms with Crippen molar-refractivity contribution < 1.29 is 0 Å². The van der Waals surface area contributed by atoms with Gasteiger partial charge in [-0.3, -0.25) is 4.99 Å². The van der Waals surface area contributed by atoms with Crippen molar-refractivity contribution in [2.75, 3.05) is 40.3 Å². The SMILES string of the molecule is CN(C)CCCCCCCN=C(N)N1CCCCCC1.I. The molecule has 0 unspecified atom stereocenters. The van der Waals surface area contributed by atoms with Crippen LogP contribution < -0.4 is 5.73 Å². The summed E-state index contributed by atoms with van der Waals surface area (Å²) in [6.45, 7) is 4.30. The van der Waals surface area contributed by atoms with E-state index >= 15 is 0 Å². The van der Waals surface area contributed by atoms with Gasteiger partial charge in [-0.05, 0) is 46.3 Å². The van der Waals surface area contributed by atoms with Gasteiger partial charge in [-0.25, -0.2) is 0 Å². The van der Waals surface area contributed by atoms with Gasteiger partial charge >= 0.3 is 0 Å². The van der Waals surface area contributed by atoms with Gasteiger partial charge in [0.15, 0.2) is 5.96 Å². The second-order valence-corrected chi connectivity index (χ2v) is 6.21. The van der Waals surface area contributed by atoms with Gasteiger partial charge < -0.3 is 15.5 Å². The third-order valence-electron chi connectivity index (χ3n) is 3.97. The highest BCUT2D eigenvalue weighted by atomic mass is 127. The molecule has 0 amide bonds. The normalized spacial score (nSPS) is 16.7. The van der Waals surface area contributed by atoms with Crippen molar-refractivity contribution in [3.8, 4) is 0 Å². The number of hydrogen-bond donors (Lipinski definition) is 1. The predicted molar refractivity (Wildman–Crippen MR) is 104 cm³/mol. The summed E-state index contributed by atoms with van der Waals surface area (Å²) >= 11 is 0. The molecule has 2 N–H and O–H groups in total. The van der Waals surface area contributed by atoms with Crippen LogP contribution in [0.2, 0.25) is 0 Å². The van der Waals surface area contributed by atoms with Gasteiger partial charge in [-0.1, -0.05) is 32.1 Å². The molecule has 1 rings (SSSR count). The molecule has 5 heteroatoms. The van der Waals surface area contributed by atoms with E-state index in [1.165, 1.54) is 64.3 Å². The summed E-state index contributed by atoms with van der Waals surface area (Å²) in [6, 6.07) is 0. The molecule has 21 heavy (non-hydrogen) atoms. The van der Waals surface area contributed by atoms with Crippen molar-refractivity contribution >= 4 is 29.9 Å². The first kappa shape index (κ1) is 21.0. The van der Waals surface area contributed by atoms with Crippen molar-refractivity contribution in [3.63, 3.8) is 0 Å². The van der Waals surface area contributed by atoms with Gasteiger partial charge in [-0.2, -0.15) is 0 Å². The van der Waals surface area contributed by atoms with E-state index in [-0.39, 0.29) is 24.0 Å². The average Bonchev–Trinajstić information content (AvgIpc) is 2.70. The molecule has 0 aromatic heterocycles. The van der Waals surface area contributed by atoms with E-state index in [2.05, 4.69) is 28.9 Å². The lowest BCUT2D eigenvalue weighted by Gasteiger charge is -2.21. The van der Waals surface area contributed by atoms with E-state index < -0.39 is 0 Å². The Morgan fingerprint density at radius 1 is 0.952 bits per heavy atom. The Hall–Kier alpha value is -0.0400. The molecule has 0 spiro atoms. The maximum absolute atomic E-state index is 6.08. The Morgan fingerprint density at radius 3 is 2.14 bits per heavy atom. The van der Waals surface area contributed by atoms with Crippen LogP contribution in [-0.4, -0.2) is 56.0 Å². The van der Waals surface area contributed by atoms with Crippen molar-refractivity contribution in [3.05, 3.63) is 0 Å². The van der Waals surface area contributed by atoms with Crippen molar-refractivity contribution in [2.24, 2.45) is 10.7 Å². The fraction of sp³-hybridized carbons (Fsp3) is 0.938. The fourth-order valence-electron chi connectivity index (χ4n) is 2.66. The highest BCUT2D eigenvalue weighted by Gasteiger charge is 2.10. The summed E-state index contributed by atoms with van der Waals surface area (Å²) in [5.74, 6) is 0.777. The zero-order valence-corrected chi connectivity index (χ0v) is 16.3. The zero-order chi connectivity index (χ0) is 14.6. The monoisotopic (exact) mass is 410 g/mol. The Bertz CT molecular complexity index is 261. The molecule has 4 nitrogen and oxygen atoms in total. The number of unbranched alkanes of at least 4 members (excludes halogenated alkanes) is 4. The van der Waals surface area contributed by atoms with Crippen LogP contribution in [0.3, 0.4) is 0 Å². The minimum absolute atomic E-state index is 0. The number of halogens is 1. The van der Waals surface area contributed by atoms with E-state index in [4.69, 9.17) is 5.73 Å². The third-order valence-corrected chi connectivity index (χ3v) is 3.97. The van der Waals surface area contributed by atoms with Crippen LogP contribution in [-0.2, 0) is 0 Å². The van der Waals surface area contributed by atoms with Crippen LogP contribution in [0.4, 0.5) is 0 Å². The van der Waals surface area contributed by atoms with E-state index in [1.807, 2.05) is 0 Å². The Labute approximate surface area is 148 Å². The van der Waals surface area contributed by atoms with E-state index in [0.717, 1.165) is 25.6 Å². The molecule has 0 aliphatic carbocycles. The van der Waals surface area contributed by atoms with Crippen molar-refractivity contribution in [1.82, 2.24) is 9.80 Å². The van der Waals surface area contributed by atoms with Gasteiger partial charge in [-0.15, -0.1) is 24.0 Å². The molecule has 1 fully saturated rings. The number of hydrogen-bond acceptors (Lipinski definition) is 2. The Morgan fingerprint density at radius 2 is 1.52 bits per heavy atom. The molecule has 1 aliphatic heterocycles. The standard InChI is InChI=1S/C16H34N4.HI/c1-19(2)13-9-5-3-4-8-12-18-16(17)20-14-10-6-7-11-15-20;/h3-15H2,1-2H3,(H2,17,18);1H. The molecule has 0 aromatic rings. The molecule has 1 aliphatic rings. The predicted octanol–water partition coefficient (Wildman–Crippen LogP) is 3.31. The summed E-state index contributed by atoms with van der Waals surface area (Å²) in [4.78, 5) is 9.07. The van der Waals surface area contributed by atoms with Crippen molar-refractivity contribution in [1.29, 1.82) is 0 Å². The number of likely N-dealkylation sites (tertiary alicyclic amines) is 1. The molecule has 0 atom stereocenters. The number of rotatable bonds is 8. The van der Waals surface area contributed by atoms with Gasteiger partial charge in [0, 0.05) is 19.6 Å². The maximum atomic E-state index is 6.08. The maximum Gasteiger partial charge on any atom is 0.191 e. The van der Waals surface area contributed by atoms with E-state index in [9.17, 15) is 0 Å². The largest absolute Gasteiger partial charge is 0.370 e. The molecule has 0 bridgehead atoms. The number of nitrogens with zero attached hydrogens (tertiary/aromatic N) is 3. The highest BCUT2D eigenvalue weighted by Crippen LogP contribution is 2.09. The number of nitrogens with two attached hydrogens (primary N) is 1. The number of guanidine groups is 1. The summed E-state index contributed by atoms with van der Waals surface area (Å²) in [6.07, 6.45) is 11.7. The Balaban J connectivity index is 0.00000400. The van der Waals surface area contributed by atoms with Crippen LogP contribution in [0.25, 0.3) is 0 Å². The molecule has 0 radical (unpaired) electrons. The molecule has 1 heterocycles. The quantitative estimate of drug-likeness (QED) is 0.289. The third kappa shape index (κ3) is 11.2. The molecule has 1 saturated heterocycles. The zero-order valence-electron chi connectivity index (χ0n) is 14.0. The topological polar surface area (TPSA) is 44.9 Å². The average molecular weight is 410 g/mol. The smallest absolute Gasteiger partial charge is 0.191 e. The first-order valence-corrected chi connectivity index (χ1v) is 8.40. The van der Waals surface area contributed by atoms with Gasteiger partial charge in [0.05, 0.1) is 0 Å². The summed E-state index contributed by atoms with van der Waals surface area (Å²) in [7, 11) is 4.28. The van der Waals surface area contributed by atoms with Gasteiger partial charge in [0.2, 0.25) is 0 Å².